The molecule has 0 saturated carbocycles. The molecule has 56 heavy (non-hydrogen) atoms. The van der Waals surface area contributed by atoms with Crippen LogP contribution in [-0.4, -0.2) is 78.1 Å². The predicted octanol–water partition coefficient (Wildman–Crippen LogP) is 5.39. The molecule has 17 nitrogen and oxygen atoms in total. The van der Waals surface area contributed by atoms with Crippen molar-refractivity contribution in [3.05, 3.63) is 151 Å². The normalized spacial score (nSPS) is 19.9. The number of imide groups is 1. The molecule has 0 aliphatic carbocycles. The highest BCUT2D eigenvalue weighted by Gasteiger charge is 2.56. The number of hydrogen-bond donors (Lipinski definition) is 1. The molecule has 1 saturated heterocycles. The van der Waals surface area contributed by atoms with E-state index in [0.29, 0.717) is 28.0 Å². The molecule has 0 radical (unpaired) electrons. The number of nitrogens with zero attached hydrogens (tertiary/aromatic N) is 7. The fourth-order valence-electron chi connectivity index (χ4n) is 6.53. The van der Waals surface area contributed by atoms with Crippen molar-refractivity contribution >= 4 is 23.8 Å². The van der Waals surface area contributed by atoms with E-state index >= 15 is 0 Å². The van der Waals surface area contributed by atoms with Gasteiger partial charge in [0.1, 0.15) is 36.4 Å². The summed E-state index contributed by atoms with van der Waals surface area (Å²) in [5.74, 6) is -2.33. The summed E-state index contributed by atoms with van der Waals surface area (Å²) in [6.45, 7) is -0.589. The van der Waals surface area contributed by atoms with Crippen LogP contribution in [0, 0.1) is 0 Å². The van der Waals surface area contributed by atoms with Crippen LogP contribution >= 0.6 is 0 Å². The second-order valence-corrected chi connectivity index (χ2v) is 12.6. The van der Waals surface area contributed by atoms with Gasteiger partial charge in [-0.2, -0.15) is 0 Å². The lowest BCUT2D eigenvalue weighted by molar-refractivity contribution is -0.261. The molecule has 0 bridgehead atoms. The second-order valence-electron chi connectivity index (χ2n) is 12.6. The summed E-state index contributed by atoms with van der Waals surface area (Å²) >= 11 is 0. The van der Waals surface area contributed by atoms with E-state index in [1.54, 1.807) is 84.9 Å². The molecule has 4 aromatic rings. The highest BCUT2D eigenvalue weighted by Crippen LogP contribution is 2.35. The van der Waals surface area contributed by atoms with Crippen LogP contribution in [0.1, 0.15) is 43.0 Å². The first-order valence-corrected chi connectivity index (χ1v) is 17.3. The summed E-state index contributed by atoms with van der Waals surface area (Å²) in [4.78, 5) is 61.2. The SMILES string of the molecule is COc1ccc(O[C@@H]2O[C@H](COC(=O)Cc3ccccc3CN=[N+]=[N-])[C@@H](O)[C@H](OC(=O)Cc3ccccc3CN=[N+]=[N-])[C@H]2N2C(=O)c3ccccc3C2=O)cc1. The van der Waals surface area contributed by atoms with Crippen LogP contribution < -0.4 is 9.47 Å². The van der Waals surface area contributed by atoms with Gasteiger partial charge in [-0.15, -0.1) is 0 Å². The lowest BCUT2D eigenvalue weighted by Gasteiger charge is -2.46. The van der Waals surface area contributed by atoms with Gasteiger partial charge in [0.15, 0.2) is 6.10 Å². The van der Waals surface area contributed by atoms with E-state index in [4.69, 9.17) is 34.7 Å². The van der Waals surface area contributed by atoms with Crippen LogP contribution in [-0.2, 0) is 49.7 Å². The van der Waals surface area contributed by atoms with Crippen molar-refractivity contribution in [3.63, 3.8) is 0 Å². The zero-order valence-electron chi connectivity index (χ0n) is 29.9. The van der Waals surface area contributed by atoms with Crippen molar-refractivity contribution in [2.45, 2.75) is 56.6 Å². The summed E-state index contributed by atoms with van der Waals surface area (Å²) in [6, 6.07) is 24.5. The predicted molar refractivity (Wildman–Crippen MR) is 196 cm³/mol. The van der Waals surface area contributed by atoms with Crippen molar-refractivity contribution in [2.75, 3.05) is 13.7 Å². The average molecular weight is 762 g/mol. The minimum absolute atomic E-state index is 0.0110. The molecule has 0 aromatic heterocycles. The number of azide groups is 2. The van der Waals surface area contributed by atoms with Gasteiger partial charge in [-0.1, -0.05) is 70.9 Å². The topological polar surface area (TPSA) is 235 Å². The van der Waals surface area contributed by atoms with Gasteiger partial charge in [0.05, 0.1) is 44.2 Å². The van der Waals surface area contributed by atoms with Crippen molar-refractivity contribution in [2.24, 2.45) is 10.2 Å². The van der Waals surface area contributed by atoms with Crippen molar-refractivity contribution in [1.29, 1.82) is 0 Å². The first-order valence-electron chi connectivity index (χ1n) is 17.3. The monoisotopic (exact) mass is 761 g/mol. The number of fused-ring (bicyclic) bond motifs is 1. The Morgan fingerprint density at radius 1 is 0.750 bits per heavy atom. The Balaban J connectivity index is 1.33. The number of methoxy groups -OCH3 is 1. The number of rotatable bonds is 15. The third kappa shape index (κ3) is 8.73. The number of esters is 2. The van der Waals surface area contributed by atoms with E-state index in [9.17, 15) is 24.3 Å². The lowest BCUT2D eigenvalue weighted by atomic mass is 9.95. The summed E-state index contributed by atoms with van der Waals surface area (Å²) in [5.41, 5.74) is 20.0. The molecule has 2 aliphatic rings. The van der Waals surface area contributed by atoms with Crippen molar-refractivity contribution in [1.82, 2.24) is 4.90 Å². The van der Waals surface area contributed by atoms with E-state index in [0.717, 1.165) is 4.90 Å². The Kier molecular flexibility index (Phi) is 12.4. The van der Waals surface area contributed by atoms with Crippen LogP contribution in [0.2, 0.25) is 0 Å². The van der Waals surface area contributed by atoms with Gasteiger partial charge in [-0.05, 0) is 69.7 Å². The molecule has 5 atom stereocenters. The number of amides is 2. The molecule has 1 N–H and O–H groups in total. The molecule has 2 amide bonds. The maximum Gasteiger partial charge on any atom is 0.310 e. The van der Waals surface area contributed by atoms with E-state index in [-0.39, 0.29) is 42.8 Å². The Morgan fingerprint density at radius 3 is 1.79 bits per heavy atom. The molecular formula is C39H35N7O10. The first-order chi connectivity index (χ1) is 27.2. The minimum atomic E-state index is -1.77. The zero-order chi connectivity index (χ0) is 39.6. The van der Waals surface area contributed by atoms with Crippen LogP contribution in [0.25, 0.3) is 20.9 Å². The van der Waals surface area contributed by atoms with Gasteiger partial charge in [-0.25, -0.2) is 0 Å². The third-order valence-corrected chi connectivity index (χ3v) is 9.27. The van der Waals surface area contributed by atoms with E-state index in [2.05, 4.69) is 20.1 Å². The number of ether oxygens (including phenoxy) is 5. The van der Waals surface area contributed by atoms with Gasteiger partial charge in [0, 0.05) is 9.82 Å². The van der Waals surface area contributed by atoms with Gasteiger partial charge >= 0.3 is 11.9 Å². The van der Waals surface area contributed by atoms with E-state index < -0.39 is 61.0 Å². The van der Waals surface area contributed by atoms with Crippen molar-refractivity contribution < 1.29 is 48.0 Å². The van der Waals surface area contributed by atoms with E-state index in [1.165, 1.54) is 19.2 Å². The smallest absolute Gasteiger partial charge is 0.310 e. The van der Waals surface area contributed by atoms with Gasteiger partial charge in [-0.3, -0.25) is 24.1 Å². The van der Waals surface area contributed by atoms with E-state index in [1.807, 2.05) is 0 Å². The summed E-state index contributed by atoms with van der Waals surface area (Å²) < 4.78 is 29.3. The fourth-order valence-corrected chi connectivity index (χ4v) is 6.53. The number of aliphatic hydroxyl groups is 1. The Morgan fingerprint density at radius 2 is 1.25 bits per heavy atom. The lowest BCUT2D eigenvalue weighted by Crippen LogP contribution is -2.67. The maximum absolute atomic E-state index is 13.9. The standard InChI is InChI=1S/C39H35N7O10/c1-52-27-14-16-28(17-15-27)54-39-34(46-37(50)29-12-6-7-13-30(29)38(46)51)36(56-33(48)19-24-9-3-5-11-26(24)21-43-45-41)35(49)31(55-39)22-53-32(47)18-23-8-2-4-10-25(23)20-42-44-40/h2-17,31,34-36,39,49H,18-22H2,1H3/t31-,34-,35-,36-,39-/m1/s1. The third-order valence-electron chi connectivity index (χ3n) is 9.27. The van der Waals surface area contributed by atoms with Crippen molar-refractivity contribution in [3.8, 4) is 11.5 Å². The summed E-state index contributed by atoms with van der Waals surface area (Å²) in [5, 5.41) is 19.1. The van der Waals surface area contributed by atoms with Crippen LogP contribution in [0.5, 0.6) is 11.5 Å². The Bertz CT molecular complexity index is 2170. The molecule has 4 aromatic carbocycles. The molecular weight excluding hydrogens is 726 g/mol. The average Bonchev–Trinajstić information content (AvgIpc) is 3.46. The molecule has 2 aliphatic heterocycles. The number of carbonyl (C=O) groups is 4. The Labute approximate surface area is 319 Å². The molecule has 0 unspecified atom stereocenters. The fraction of sp³-hybridized carbons (Fsp3) is 0.282. The number of carbonyl (C=O) groups excluding carboxylic acids is 4. The highest BCUT2D eigenvalue weighted by atomic mass is 16.7. The summed E-state index contributed by atoms with van der Waals surface area (Å²) in [7, 11) is 1.48. The minimum Gasteiger partial charge on any atom is -0.497 e. The molecule has 17 heteroatoms. The van der Waals surface area contributed by atoms with Gasteiger partial charge in [0.25, 0.3) is 11.8 Å². The zero-order valence-corrected chi connectivity index (χ0v) is 29.9. The van der Waals surface area contributed by atoms with Gasteiger partial charge < -0.3 is 28.8 Å². The molecule has 1 fully saturated rings. The quantitative estimate of drug-likeness (QED) is 0.0533. The van der Waals surface area contributed by atoms with Crippen LogP contribution in [0.15, 0.2) is 107 Å². The molecule has 0 spiro atoms. The first kappa shape index (κ1) is 38.8. The molecule has 286 valence electrons. The summed E-state index contributed by atoms with van der Waals surface area (Å²) in [6.07, 6.45) is -6.96. The number of benzene rings is 4. The van der Waals surface area contributed by atoms with Gasteiger partial charge in [0.2, 0.25) is 6.29 Å². The van der Waals surface area contributed by atoms with Crippen LogP contribution in [0.4, 0.5) is 0 Å². The molecule has 2 heterocycles. The van der Waals surface area contributed by atoms with Crippen LogP contribution in [0.3, 0.4) is 0 Å². The Hall–Kier alpha value is -6.90. The second kappa shape index (κ2) is 18.0. The largest absolute Gasteiger partial charge is 0.497 e. The highest BCUT2D eigenvalue weighted by molar-refractivity contribution is 6.21. The molecule has 6 rings (SSSR count). The number of hydrogen-bond acceptors (Lipinski definition) is 12. The maximum atomic E-state index is 13.9. The number of aliphatic hydroxyl groups excluding tert-OH is 1.